The second-order valence-corrected chi connectivity index (χ2v) is 4.70. The van der Waals surface area contributed by atoms with Crippen LogP contribution in [0.5, 0.6) is 5.88 Å². The summed E-state index contributed by atoms with van der Waals surface area (Å²) >= 11 is 1.73. The summed E-state index contributed by atoms with van der Waals surface area (Å²) in [6.07, 6.45) is 0.816. The highest BCUT2D eigenvalue weighted by Crippen LogP contribution is 2.17. The molecular weight excluding hydrogens is 234 g/mol. The summed E-state index contributed by atoms with van der Waals surface area (Å²) in [5.41, 5.74) is 1.65. The molecule has 3 aromatic heterocycles. The quantitative estimate of drug-likeness (QED) is 0.771. The minimum Gasteiger partial charge on any atom is -0.481 e. The van der Waals surface area contributed by atoms with Crippen molar-refractivity contribution >= 4 is 22.5 Å². The van der Waals surface area contributed by atoms with Crippen LogP contribution in [0.4, 0.5) is 0 Å². The van der Waals surface area contributed by atoms with Gasteiger partial charge in [-0.25, -0.2) is 4.98 Å². The van der Waals surface area contributed by atoms with Gasteiger partial charge in [-0.2, -0.15) is 4.98 Å². The maximum atomic E-state index is 5.07. The lowest BCUT2D eigenvalue weighted by Gasteiger charge is -1.95. The van der Waals surface area contributed by atoms with Crippen LogP contribution in [0.1, 0.15) is 10.7 Å². The molecule has 0 saturated carbocycles. The number of H-pyrrole nitrogens is 1. The van der Waals surface area contributed by atoms with Crippen molar-refractivity contribution in [3.05, 3.63) is 40.3 Å². The fraction of sp³-hybridized carbons (Fsp3) is 0.167. The molecule has 4 nitrogen and oxygen atoms in total. The molecule has 86 valence electrons. The SMILES string of the molecule is COc1ccc2[nH]c(Cc3cccs3)nc2n1. The van der Waals surface area contributed by atoms with Gasteiger partial charge in [-0.05, 0) is 17.5 Å². The molecule has 0 aliphatic carbocycles. The normalized spacial score (nSPS) is 10.9. The predicted molar refractivity (Wildman–Crippen MR) is 67.6 cm³/mol. The molecule has 3 rings (SSSR count). The Labute approximate surface area is 102 Å². The van der Waals surface area contributed by atoms with E-state index < -0.39 is 0 Å². The Morgan fingerprint density at radius 2 is 2.24 bits per heavy atom. The molecule has 5 heteroatoms. The summed E-state index contributed by atoms with van der Waals surface area (Å²) in [6.45, 7) is 0. The molecule has 0 atom stereocenters. The van der Waals surface area contributed by atoms with Gasteiger partial charge in [0.15, 0.2) is 5.65 Å². The van der Waals surface area contributed by atoms with Gasteiger partial charge in [0.2, 0.25) is 5.88 Å². The van der Waals surface area contributed by atoms with E-state index in [-0.39, 0.29) is 0 Å². The summed E-state index contributed by atoms with van der Waals surface area (Å²) in [7, 11) is 1.60. The molecule has 17 heavy (non-hydrogen) atoms. The molecule has 0 unspecified atom stereocenters. The van der Waals surface area contributed by atoms with E-state index >= 15 is 0 Å². The second-order valence-electron chi connectivity index (χ2n) is 3.66. The van der Waals surface area contributed by atoms with E-state index in [2.05, 4.69) is 26.4 Å². The summed E-state index contributed by atoms with van der Waals surface area (Å²) in [5, 5.41) is 2.07. The maximum absolute atomic E-state index is 5.07. The Bertz CT molecular complexity index is 630. The van der Waals surface area contributed by atoms with Gasteiger partial charge in [0, 0.05) is 17.4 Å². The van der Waals surface area contributed by atoms with Crippen LogP contribution in [0.3, 0.4) is 0 Å². The standard InChI is InChI=1S/C12H11N3OS/c1-16-11-5-4-9-12(15-11)14-10(13-9)7-8-3-2-6-17-8/h2-6H,7H2,1H3,(H,13,14,15). The fourth-order valence-corrected chi connectivity index (χ4v) is 2.41. The second kappa shape index (κ2) is 4.18. The highest BCUT2D eigenvalue weighted by atomic mass is 32.1. The van der Waals surface area contributed by atoms with Crippen LogP contribution in [0.25, 0.3) is 11.2 Å². The van der Waals surface area contributed by atoms with Gasteiger partial charge < -0.3 is 9.72 Å². The van der Waals surface area contributed by atoms with Crippen LogP contribution >= 0.6 is 11.3 Å². The molecule has 0 saturated heterocycles. The number of nitrogens with one attached hydrogen (secondary N) is 1. The van der Waals surface area contributed by atoms with Crippen molar-refractivity contribution in [3.8, 4) is 5.88 Å². The average Bonchev–Trinajstić information content (AvgIpc) is 2.96. The molecule has 0 aliphatic heterocycles. The minimum absolute atomic E-state index is 0.590. The van der Waals surface area contributed by atoms with E-state index in [1.165, 1.54) is 4.88 Å². The number of imidazole rings is 1. The lowest BCUT2D eigenvalue weighted by molar-refractivity contribution is 0.399. The van der Waals surface area contributed by atoms with E-state index in [1.807, 2.05) is 18.2 Å². The molecule has 3 aromatic rings. The number of nitrogens with zero attached hydrogens (tertiary/aromatic N) is 2. The first-order chi connectivity index (χ1) is 8.35. The number of pyridine rings is 1. The highest BCUT2D eigenvalue weighted by Gasteiger charge is 2.06. The van der Waals surface area contributed by atoms with Crippen LogP contribution in [-0.4, -0.2) is 22.1 Å². The largest absolute Gasteiger partial charge is 0.481 e. The van der Waals surface area contributed by atoms with E-state index in [4.69, 9.17) is 4.74 Å². The molecule has 0 aliphatic rings. The molecule has 0 fully saturated rings. The minimum atomic E-state index is 0.590. The lowest BCUT2D eigenvalue weighted by Crippen LogP contribution is -1.87. The molecule has 1 N–H and O–H groups in total. The van der Waals surface area contributed by atoms with Crippen LogP contribution in [-0.2, 0) is 6.42 Å². The topological polar surface area (TPSA) is 50.8 Å². The van der Waals surface area contributed by atoms with Crippen LogP contribution in [0.15, 0.2) is 29.6 Å². The van der Waals surface area contributed by atoms with Gasteiger partial charge in [-0.1, -0.05) is 6.07 Å². The zero-order valence-electron chi connectivity index (χ0n) is 9.30. The molecule has 0 spiro atoms. The lowest BCUT2D eigenvalue weighted by atomic mass is 10.3. The third-order valence-electron chi connectivity index (χ3n) is 2.50. The Morgan fingerprint density at radius 3 is 3.00 bits per heavy atom. The number of aromatic nitrogens is 3. The van der Waals surface area contributed by atoms with E-state index in [0.29, 0.717) is 11.5 Å². The molecule has 3 heterocycles. The summed E-state index contributed by atoms with van der Waals surface area (Å²) in [4.78, 5) is 13.3. The number of methoxy groups -OCH3 is 1. The van der Waals surface area contributed by atoms with Gasteiger partial charge in [0.25, 0.3) is 0 Å². The number of fused-ring (bicyclic) bond motifs is 1. The van der Waals surface area contributed by atoms with Gasteiger partial charge >= 0.3 is 0 Å². The van der Waals surface area contributed by atoms with Crippen molar-refractivity contribution in [3.63, 3.8) is 0 Å². The van der Waals surface area contributed by atoms with Crippen LogP contribution in [0.2, 0.25) is 0 Å². The van der Waals surface area contributed by atoms with Gasteiger partial charge in [0.05, 0.1) is 12.6 Å². The summed E-state index contributed by atoms with van der Waals surface area (Å²) < 4.78 is 5.07. The van der Waals surface area contributed by atoms with Gasteiger partial charge in [0.1, 0.15) is 5.82 Å². The van der Waals surface area contributed by atoms with Crippen molar-refractivity contribution in [1.29, 1.82) is 0 Å². The first-order valence-electron chi connectivity index (χ1n) is 5.27. The van der Waals surface area contributed by atoms with Crippen molar-refractivity contribution < 1.29 is 4.74 Å². The first-order valence-corrected chi connectivity index (χ1v) is 6.15. The Kier molecular flexibility index (Phi) is 2.53. The number of ether oxygens (including phenoxy) is 1. The molecule has 0 amide bonds. The number of hydrogen-bond donors (Lipinski definition) is 1. The molecule has 0 aromatic carbocycles. The predicted octanol–water partition coefficient (Wildman–Crippen LogP) is 2.62. The zero-order chi connectivity index (χ0) is 11.7. The van der Waals surface area contributed by atoms with E-state index in [0.717, 1.165) is 17.8 Å². The monoisotopic (exact) mass is 245 g/mol. The molecule has 0 bridgehead atoms. The number of hydrogen-bond acceptors (Lipinski definition) is 4. The smallest absolute Gasteiger partial charge is 0.215 e. The zero-order valence-corrected chi connectivity index (χ0v) is 10.1. The number of thiophene rings is 1. The third kappa shape index (κ3) is 2.01. The van der Waals surface area contributed by atoms with Crippen molar-refractivity contribution in [2.75, 3.05) is 7.11 Å². The highest BCUT2D eigenvalue weighted by molar-refractivity contribution is 7.09. The van der Waals surface area contributed by atoms with Gasteiger partial charge in [-0.3, -0.25) is 0 Å². The maximum Gasteiger partial charge on any atom is 0.215 e. The number of rotatable bonds is 3. The average molecular weight is 245 g/mol. The fourth-order valence-electron chi connectivity index (χ4n) is 1.70. The van der Waals surface area contributed by atoms with E-state index in [9.17, 15) is 0 Å². The van der Waals surface area contributed by atoms with Crippen molar-refractivity contribution in [2.45, 2.75) is 6.42 Å². The summed E-state index contributed by atoms with van der Waals surface area (Å²) in [5.74, 6) is 1.52. The number of aromatic amines is 1. The Morgan fingerprint density at radius 1 is 1.29 bits per heavy atom. The van der Waals surface area contributed by atoms with Crippen molar-refractivity contribution in [1.82, 2.24) is 15.0 Å². The van der Waals surface area contributed by atoms with Gasteiger partial charge in [-0.15, -0.1) is 11.3 Å². The van der Waals surface area contributed by atoms with Crippen molar-refractivity contribution in [2.24, 2.45) is 0 Å². The summed E-state index contributed by atoms with van der Waals surface area (Å²) in [6, 6.07) is 7.91. The molecular formula is C12H11N3OS. The third-order valence-corrected chi connectivity index (χ3v) is 3.38. The molecule has 0 radical (unpaired) electrons. The van der Waals surface area contributed by atoms with Crippen LogP contribution in [0, 0.1) is 0 Å². The Hall–Kier alpha value is -1.88. The van der Waals surface area contributed by atoms with Crippen LogP contribution < -0.4 is 4.74 Å². The van der Waals surface area contributed by atoms with E-state index in [1.54, 1.807) is 18.4 Å². The first kappa shape index (κ1) is 10.3. The Balaban J connectivity index is 1.96.